The van der Waals surface area contributed by atoms with Gasteiger partial charge in [-0.2, -0.15) is 9.97 Å². The Balaban J connectivity index is 2.24. The van der Waals surface area contributed by atoms with E-state index < -0.39 is 33.1 Å². The highest BCUT2D eigenvalue weighted by Crippen LogP contribution is 2.16. The Morgan fingerprint density at radius 3 is 2.26 bits per heavy atom. The smallest absolute Gasteiger partial charge is 0.322 e. The number of benzene rings is 1. The predicted molar refractivity (Wildman–Crippen MR) is 73.3 cm³/mol. The van der Waals surface area contributed by atoms with E-state index in [0.29, 0.717) is 6.07 Å². The van der Waals surface area contributed by atoms with Gasteiger partial charge < -0.3 is 9.47 Å². The van der Waals surface area contributed by atoms with Crippen LogP contribution in [-0.2, 0) is 16.6 Å². The third kappa shape index (κ3) is 4.07. The summed E-state index contributed by atoms with van der Waals surface area (Å²) in [5, 5.41) is 0. The molecule has 0 spiro atoms. The largest absolute Gasteiger partial charge is 0.467 e. The number of sulfonamides is 1. The summed E-state index contributed by atoms with van der Waals surface area (Å²) in [4.78, 5) is 10.6. The van der Waals surface area contributed by atoms with Gasteiger partial charge in [0, 0.05) is 0 Å². The van der Waals surface area contributed by atoms with Gasteiger partial charge in [-0.05, 0) is 18.2 Å². The molecule has 1 N–H and O–H groups in total. The molecule has 0 aliphatic heterocycles. The van der Waals surface area contributed by atoms with Crippen LogP contribution in [0.2, 0.25) is 0 Å². The second-order valence-corrected chi connectivity index (χ2v) is 5.86. The van der Waals surface area contributed by atoms with Crippen LogP contribution in [0.4, 0.5) is 8.78 Å². The molecule has 0 atom stereocenters. The summed E-state index contributed by atoms with van der Waals surface area (Å²) in [6.45, 7) is -0.395. The zero-order chi connectivity index (χ0) is 17.0. The van der Waals surface area contributed by atoms with Gasteiger partial charge in [-0.15, -0.1) is 4.98 Å². The Morgan fingerprint density at radius 1 is 1.09 bits per heavy atom. The molecule has 0 bridgehead atoms. The lowest BCUT2D eigenvalue weighted by Gasteiger charge is -2.08. The maximum Gasteiger partial charge on any atom is 0.322 e. The lowest BCUT2D eigenvalue weighted by Crippen LogP contribution is -2.25. The monoisotopic (exact) mass is 346 g/mol. The lowest BCUT2D eigenvalue weighted by atomic mass is 10.3. The number of halogens is 2. The van der Waals surface area contributed by atoms with Gasteiger partial charge in [-0.25, -0.2) is 21.9 Å². The fraction of sp³-hybridized carbons (Fsp3) is 0.250. The Hall–Kier alpha value is -2.40. The van der Waals surface area contributed by atoms with Crippen LogP contribution in [-0.4, -0.2) is 37.6 Å². The molecule has 0 saturated heterocycles. The molecule has 0 unspecified atom stereocenters. The average Bonchev–Trinajstić information content (AvgIpc) is 2.54. The molecule has 1 heterocycles. The molecule has 0 amide bonds. The summed E-state index contributed by atoms with van der Waals surface area (Å²) < 4.78 is 62.5. The molecule has 1 aromatic heterocycles. The minimum absolute atomic E-state index is 0.0194. The number of hydrogen-bond acceptors (Lipinski definition) is 7. The molecule has 2 aromatic rings. The van der Waals surface area contributed by atoms with Crippen LogP contribution >= 0.6 is 0 Å². The number of aromatic nitrogens is 3. The van der Waals surface area contributed by atoms with E-state index in [1.54, 1.807) is 0 Å². The van der Waals surface area contributed by atoms with Crippen molar-refractivity contribution < 1.29 is 26.7 Å². The Labute approximate surface area is 130 Å². The Bertz CT molecular complexity index is 794. The molecular formula is C12H12F2N4O4S. The zero-order valence-corrected chi connectivity index (χ0v) is 12.9. The summed E-state index contributed by atoms with van der Waals surface area (Å²) >= 11 is 0. The maximum absolute atomic E-state index is 13.6. The van der Waals surface area contributed by atoms with Gasteiger partial charge in [-0.3, -0.25) is 0 Å². The van der Waals surface area contributed by atoms with Crippen LogP contribution in [0.15, 0.2) is 23.1 Å². The van der Waals surface area contributed by atoms with E-state index in [2.05, 4.69) is 19.7 Å². The lowest BCUT2D eigenvalue weighted by molar-refractivity contribution is 0.336. The highest BCUT2D eigenvalue weighted by atomic mass is 32.2. The van der Waals surface area contributed by atoms with Gasteiger partial charge in [0.1, 0.15) is 16.5 Å². The van der Waals surface area contributed by atoms with Crippen molar-refractivity contribution in [2.45, 2.75) is 11.4 Å². The minimum Gasteiger partial charge on any atom is -0.467 e. The average molecular weight is 346 g/mol. The highest BCUT2D eigenvalue weighted by Gasteiger charge is 2.20. The fourth-order valence-corrected chi connectivity index (χ4v) is 2.63. The number of methoxy groups -OCH3 is 2. The van der Waals surface area contributed by atoms with E-state index >= 15 is 0 Å². The van der Waals surface area contributed by atoms with Gasteiger partial charge in [0.15, 0.2) is 5.82 Å². The molecular weight excluding hydrogens is 334 g/mol. The van der Waals surface area contributed by atoms with Gasteiger partial charge >= 0.3 is 12.0 Å². The highest BCUT2D eigenvalue weighted by molar-refractivity contribution is 7.89. The summed E-state index contributed by atoms with van der Waals surface area (Å²) in [6, 6.07) is 1.95. The molecule has 8 nitrogen and oxygen atoms in total. The fourth-order valence-electron chi connectivity index (χ4n) is 1.56. The van der Waals surface area contributed by atoms with E-state index in [1.165, 1.54) is 14.2 Å². The van der Waals surface area contributed by atoms with Crippen LogP contribution in [0, 0.1) is 11.6 Å². The summed E-state index contributed by atoms with van der Waals surface area (Å²) in [6.07, 6.45) is 0. The Kier molecular flexibility index (Phi) is 5.01. The van der Waals surface area contributed by atoms with E-state index in [-0.39, 0.29) is 17.8 Å². The van der Waals surface area contributed by atoms with Crippen molar-refractivity contribution in [1.82, 2.24) is 19.7 Å². The SMILES string of the molecule is COc1nc(CNS(=O)(=O)c2cc(F)ccc2F)nc(OC)n1. The van der Waals surface area contributed by atoms with Crippen molar-refractivity contribution in [1.29, 1.82) is 0 Å². The number of nitrogens with one attached hydrogen (secondary N) is 1. The molecule has 0 fully saturated rings. The van der Waals surface area contributed by atoms with Crippen LogP contribution in [0.1, 0.15) is 5.82 Å². The van der Waals surface area contributed by atoms with Gasteiger partial charge in [0.2, 0.25) is 10.0 Å². The summed E-state index contributed by atoms with van der Waals surface area (Å²) in [5.74, 6) is -1.98. The summed E-state index contributed by atoms with van der Waals surface area (Å²) in [5.41, 5.74) is 0. The number of ether oxygens (including phenoxy) is 2. The van der Waals surface area contributed by atoms with Crippen LogP contribution in [0.5, 0.6) is 12.0 Å². The molecule has 11 heteroatoms. The molecule has 2 rings (SSSR count). The normalized spacial score (nSPS) is 11.3. The van der Waals surface area contributed by atoms with Gasteiger partial charge in [0.05, 0.1) is 20.8 Å². The first-order valence-electron chi connectivity index (χ1n) is 6.13. The van der Waals surface area contributed by atoms with Crippen LogP contribution < -0.4 is 14.2 Å². The van der Waals surface area contributed by atoms with E-state index in [9.17, 15) is 17.2 Å². The molecule has 0 saturated carbocycles. The topological polar surface area (TPSA) is 103 Å². The third-order valence-electron chi connectivity index (χ3n) is 2.61. The molecule has 1 aromatic carbocycles. The van der Waals surface area contributed by atoms with Crippen molar-refractivity contribution in [2.24, 2.45) is 0 Å². The van der Waals surface area contributed by atoms with Gasteiger partial charge in [0.25, 0.3) is 0 Å². The van der Waals surface area contributed by atoms with Crippen LogP contribution in [0.25, 0.3) is 0 Å². The first-order valence-corrected chi connectivity index (χ1v) is 7.61. The molecule has 0 aliphatic rings. The molecule has 0 aliphatic carbocycles. The van der Waals surface area contributed by atoms with Gasteiger partial charge in [-0.1, -0.05) is 0 Å². The standard InChI is InChI=1S/C12H12F2N4O4S/c1-21-11-16-10(17-12(18-11)22-2)6-15-23(19,20)9-5-7(13)3-4-8(9)14/h3-5,15H,6H2,1-2H3. The van der Waals surface area contributed by atoms with E-state index in [0.717, 1.165) is 12.1 Å². The predicted octanol–water partition coefficient (Wildman–Crippen LogP) is 0.645. The second kappa shape index (κ2) is 6.79. The van der Waals surface area contributed by atoms with Crippen molar-refractivity contribution >= 4 is 10.0 Å². The van der Waals surface area contributed by atoms with Crippen molar-refractivity contribution in [3.8, 4) is 12.0 Å². The number of nitrogens with zero attached hydrogens (tertiary/aromatic N) is 3. The Morgan fingerprint density at radius 2 is 1.70 bits per heavy atom. The van der Waals surface area contributed by atoms with Crippen LogP contribution in [0.3, 0.4) is 0 Å². The van der Waals surface area contributed by atoms with E-state index in [1.807, 2.05) is 0 Å². The molecule has 23 heavy (non-hydrogen) atoms. The minimum atomic E-state index is -4.30. The van der Waals surface area contributed by atoms with Crippen molar-refractivity contribution in [3.05, 3.63) is 35.7 Å². The molecule has 124 valence electrons. The van der Waals surface area contributed by atoms with E-state index in [4.69, 9.17) is 9.47 Å². The van der Waals surface area contributed by atoms with Crippen molar-refractivity contribution in [2.75, 3.05) is 14.2 Å². The second-order valence-electron chi connectivity index (χ2n) is 4.12. The first-order chi connectivity index (χ1) is 10.9. The van der Waals surface area contributed by atoms with Crippen molar-refractivity contribution in [3.63, 3.8) is 0 Å². The number of rotatable bonds is 6. The third-order valence-corrected chi connectivity index (χ3v) is 4.03. The molecule has 0 radical (unpaired) electrons. The zero-order valence-electron chi connectivity index (χ0n) is 12.1. The first kappa shape index (κ1) is 17.0. The quantitative estimate of drug-likeness (QED) is 0.819. The number of hydrogen-bond donors (Lipinski definition) is 1. The maximum atomic E-state index is 13.6. The summed E-state index contributed by atoms with van der Waals surface area (Å²) in [7, 11) is -1.68.